The van der Waals surface area contributed by atoms with Gasteiger partial charge in [0.1, 0.15) is 6.04 Å². The fourth-order valence-electron chi connectivity index (χ4n) is 1.75. The topological polar surface area (TPSA) is 95.6 Å². The van der Waals surface area contributed by atoms with Crippen molar-refractivity contribution in [2.75, 3.05) is 20.1 Å². The van der Waals surface area contributed by atoms with Gasteiger partial charge in [-0.05, 0) is 38.1 Å². The van der Waals surface area contributed by atoms with Crippen molar-refractivity contribution in [3.8, 4) is 0 Å². The molecule has 0 aromatic heterocycles. The van der Waals surface area contributed by atoms with Crippen molar-refractivity contribution in [2.45, 2.75) is 24.8 Å². The summed E-state index contributed by atoms with van der Waals surface area (Å²) < 4.78 is 25.6. The Hall–Kier alpha value is -1.64. The van der Waals surface area contributed by atoms with Crippen molar-refractivity contribution in [3.63, 3.8) is 0 Å². The SMILES string of the molecule is CCNC(=O)[C@@H](C)NC(=O)CN(C)S(=O)(=O)c1ccc(Cl)cc1. The third kappa shape index (κ3) is 5.49. The summed E-state index contributed by atoms with van der Waals surface area (Å²) >= 11 is 5.73. The van der Waals surface area contributed by atoms with Crippen LogP contribution in [-0.2, 0) is 19.6 Å². The standard InChI is InChI=1S/C14H20ClN3O4S/c1-4-16-14(20)10(2)17-13(19)9-18(3)23(21,22)12-7-5-11(15)6-8-12/h5-8,10H,4,9H2,1-3H3,(H,16,20)(H,17,19)/t10-/m1/s1. The minimum Gasteiger partial charge on any atom is -0.355 e. The number of amides is 2. The Morgan fingerprint density at radius 2 is 1.83 bits per heavy atom. The van der Waals surface area contributed by atoms with E-state index in [1.165, 1.54) is 38.2 Å². The number of rotatable bonds is 7. The second-order valence-corrected chi connectivity index (χ2v) is 7.38. The summed E-state index contributed by atoms with van der Waals surface area (Å²) in [5.41, 5.74) is 0. The van der Waals surface area contributed by atoms with E-state index in [2.05, 4.69) is 10.6 Å². The van der Waals surface area contributed by atoms with Crippen molar-refractivity contribution in [1.82, 2.24) is 14.9 Å². The maximum Gasteiger partial charge on any atom is 0.243 e. The van der Waals surface area contributed by atoms with Gasteiger partial charge in [0, 0.05) is 18.6 Å². The van der Waals surface area contributed by atoms with Crippen LogP contribution in [0.2, 0.25) is 5.02 Å². The molecule has 0 saturated heterocycles. The molecule has 0 saturated carbocycles. The first-order valence-electron chi connectivity index (χ1n) is 6.97. The molecule has 1 aromatic carbocycles. The molecular weight excluding hydrogens is 342 g/mol. The minimum atomic E-state index is -3.80. The van der Waals surface area contributed by atoms with Crippen LogP contribution in [0.3, 0.4) is 0 Å². The molecule has 9 heteroatoms. The second-order valence-electron chi connectivity index (χ2n) is 4.90. The van der Waals surface area contributed by atoms with E-state index in [1.54, 1.807) is 6.92 Å². The van der Waals surface area contributed by atoms with Crippen molar-refractivity contribution in [1.29, 1.82) is 0 Å². The molecule has 1 aromatic rings. The zero-order chi connectivity index (χ0) is 17.6. The van der Waals surface area contributed by atoms with Gasteiger partial charge in [-0.25, -0.2) is 8.42 Å². The lowest BCUT2D eigenvalue weighted by Crippen LogP contribution is -2.48. The molecule has 0 aliphatic heterocycles. The van der Waals surface area contributed by atoms with E-state index >= 15 is 0 Å². The molecule has 0 fully saturated rings. The van der Waals surface area contributed by atoms with Crippen LogP contribution in [0.15, 0.2) is 29.2 Å². The van der Waals surface area contributed by atoms with E-state index in [9.17, 15) is 18.0 Å². The molecule has 128 valence electrons. The maximum atomic E-state index is 12.3. The zero-order valence-electron chi connectivity index (χ0n) is 13.2. The van der Waals surface area contributed by atoms with E-state index in [1.807, 2.05) is 0 Å². The molecule has 0 bridgehead atoms. The summed E-state index contributed by atoms with van der Waals surface area (Å²) in [5.74, 6) is -0.896. The molecule has 2 N–H and O–H groups in total. The third-order valence-electron chi connectivity index (χ3n) is 3.01. The van der Waals surface area contributed by atoms with Crippen LogP contribution in [0.5, 0.6) is 0 Å². The van der Waals surface area contributed by atoms with Crippen LogP contribution in [0.1, 0.15) is 13.8 Å². The first-order valence-corrected chi connectivity index (χ1v) is 8.79. The molecule has 1 atom stereocenters. The molecule has 0 radical (unpaired) electrons. The van der Waals surface area contributed by atoms with Crippen molar-refractivity contribution >= 4 is 33.4 Å². The van der Waals surface area contributed by atoms with Gasteiger partial charge in [0.05, 0.1) is 11.4 Å². The van der Waals surface area contributed by atoms with Gasteiger partial charge >= 0.3 is 0 Å². The molecular formula is C14H20ClN3O4S. The number of benzene rings is 1. The van der Waals surface area contributed by atoms with Gasteiger partial charge in [-0.3, -0.25) is 9.59 Å². The van der Waals surface area contributed by atoms with Crippen LogP contribution < -0.4 is 10.6 Å². The molecule has 0 aliphatic rings. The first kappa shape index (κ1) is 19.4. The Bertz CT molecular complexity index is 661. The summed E-state index contributed by atoms with van der Waals surface area (Å²) in [7, 11) is -2.51. The molecule has 0 aliphatic carbocycles. The number of carbonyl (C=O) groups excluding carboxylic acids is 2. The normalized spacial score (nSPS) is 12.7. The van der Waals surface area contributed by atoms with E-state index in [-0.39, 0.29) is 10.8 Å². The van der Waals surface area contributed by atoms with Crippen molar-refractivity contribution < 1.29 is 18.0 Å². The lowest BCUT2D eigenvalue weighted by molar-refractivity contribution is -0.128. The van der Waals surface area contributed by atoms with Crippen LogP contribution in [0.4, 0.5) is 0 Å². The average Bonchev–Trinajstić information content (AvgIpc) is 2.47. The molecule has 0 unspecified atom stereocenters. The molecule has 7 nitrogen and oxygen atoms in total. The number of sulfonamides is 1. The maximum absolute atomic E-state index is 12.3. The van der Waals surface area contributed by atoms with Gasteiger partial charge < -0.3 is 10.6 Å². The lowest BCUT2D eigenvalue weighted by Gasteiger charge is -2.19. The summed E-state index contributed by atoms with van der Waals surface area (Å²) in [6, 6.07) is 4.90. The predicted octanol–water partition coefficient (Wildman–Crippen LogP) is 0.601. The Balaban J connectivity index is 2.70. The monoisotopic (exact) mass is 361 g/mol. The number of halogens is 1. The summed E-state index contributed by atoms with van der Waals surface area (Å²) in [5, 5.41) is 5.43. The van der Waals surface area contributed by atoms with Crippen LogP contribution in [-0.4, -0.2) is 50.7 Å². The first-order chi connectivity index (χ1) is 10.7. The fraction of sp³-hybridized carbons (Fsp3) is 0.429. The Morgan fingerprint density at radius 3 is 2.35 bits per heavy atom. The fourth-order valence-corrected chi connectivity index (χ4v) is 3.01. The molecule has 23 heavy (non-hydrogen) atoms. The minimum absolute atomic E-state index is 0.0361. The average molecular weight is 362 g/mol. The Labute approximate surface area is 141 Å². The van der Waals surface area contributed by atoms with Crippen LogP contribution >= 0.6 is 11.6 Å². The van der Waals surface area contributed by atoms with Gasteiger partial charge in [-0.1, -0.05) is 11.6 Å². The number of carbonyl (C=O) groups is 2. The second kappa shape index (κ2) is 8.28. The molecule has 0 spiro atoms. The summed E-state index contributed by atoms with van der Waals surface area (Å²) in [6.07, 6.45) is 0. The Morgan fingerprint density at radius 1 is 1.26 bits per heavy atom. The quantitative estimate of drug-likeness (QED) is 0.743. The van der Waals surface area contributed by atoms with Crippen molar-refractivity contribution in [3.05, 3.63) is 29.3 Å². The predicted molar refractivity (Wildman–Crippen MR) is 87.6 cm³/mol. The van der Waals surface area contributed by atoms with E-state index < -0.39 is 28.5 Å². The van der Waals surface area contributed by atoms with Gasteiger partial charge in [-0.2, -0.15) is 4.31 Å². The van der Waals surface area contributed by atoms with Gasteiger partial charge in [0.15, 0.2) is 0 Å². The van der Waals surface area contributed by atoms with Gasteiger partial charge in [0.2, 0.25) is 21.8 Å². The highest BCUT2D eigenvalue weighted by Crippen LogP contribution is 2.17. The summed E-state index contributed by atoms with van der Waals surface area (Å²) in [4.78, 5) is 23.5. The number of likely N-dealkylation sites (N-methyl/N-ethyl adjacent to an activating group) is 2. The zero-order valence-corrected chi connectivity index (χ0v) is 14.7. The van der Waals surface area contributed by atoms with E-state index in [0.717, 1.165) is 4.31 Å². The smallest absolute Gasteiger partial charge is 0.243 e. The van der Waals surface area contributed by atoms with Crippen LogP contribution in [0.25, 0.3) is 0 Å². The van der Waals surface area contributed by atoms with Crippen LogP contribution in [0, 0.1) is 0 Å². The number of nitrogens with one attached hydrogen (secondary N) is 2. The van der Waals surface area contributed by atoms with E-state index in [4.69, 9.17) is 11.6 Å². The highest BCUT2D eigenvalue weighted by molar-refractivity contribution is 7.89. The summed E-state index contributed by atoms with van der Waals surface area (Å²) in [6.45, 7) is 3.34. The van der Waals surface area contributed by atoms with Crippen molar-refractivity contribution in [2.24, 2.45) is 0 Å². The molecule has 1 rings (SSSR count). The molecule has 2 amide bonds. The number of hydrogen-bond donors (Lipinski definition) is 2. The third-order valence-corrected chi connectivity index (χ3v) is 5.08. The van der Waals surface area contributed by atoms with E-state index in [0.29, 0.717) is 11.6 Å². The van der Waals surface area contributed by atoms with Gasteiger partial charge in [-0.15, -0.1) is 0 Å². The molecule has 0 heterocycles. The lowest BCUT2D eigenvalue weighted by atomic mass is 10.3. The van der Waals surface area contributed by atoms with Gasteiger partial charge in [0.25, 0.3) is 0 Å². The number of hydrogen-bond acceptors (Lipinski definition) is 4. The number of nitrogens with zero attached hydrogens (tertiary/aromatic N) is 1. The highest BCUT2D eigenvalue weighted by Gasteiger charge is 2.24. The Kier molecular flexibility index (Phi) is 6.99. The highest BCUT2D eigenvalue weighted by atomic mass is 35.5. The largest absolute Gasteiger partial charge is 0.355 e.